The predicted molar refractivity (Wildman–Crippen MR) is 87.6 cm³/mol. The summed E-state index contributed by atoms with van der Waals surface area (Å²) in [7, 11) is 0. The van der Waals surface area contributed by atoms with E-state index in [1.165, 1.54) is 0 Å². The summed E-state index contributed by atoms with van der Waals surface area (Å²) in [4.78, 5) is 25.7. The van der Waals surface area contributed by atoms with Crippen molar-refractivity contribution in [1.82, 2.24) is 25.3 Å². The third-order valence-corrected chi connectivity index (χ3v) is 3.57. The maximum Gasteiger partial charge on any atom is 0.315 e. The fraction of sp³-hybridized carbons (Fsp3) is 0.688. The average molecular weight is 321 g/mol. The van der Waals surface area contributed by atoms with Crippen molar-refractivity contribution in [3.8, 4) is 0 Å². The molecule has 7 heteroatoms. The molecule has 0 unspecified atom stereocenters. The second-order valence-electron chi connectivity index (χ2n) is 7.32. The highest BCUT2D eigenvalue weighted by molar-refractivity contribution is 5.78. The van der Waals surface area contributed by atoms with Crippen molar-refractivity contribution in [2.45, 2.75) is 59.8 Å². The molecule has 1 aliphatic heterocycles. The van der Waals surface area contributed by atoms with Crippen LogP contribution < -0.4 is 10.6 Å². The molecule has 3 amide bonds. The van der Waals surface area contributed by atoms with Crippen molar-refractivity contribution >= 4 is 11.9 Å². The molecule has 0 spiro atoms. The molecule has 2 rings (SSSR count). The van der Waals surface area contributed by atoms with Crippen LogP contribution in [0.25, 0.3) is 0 Å². The van der Waals surface area contributed by atoms with E-state index in [1.807, 2.05) is 50.3 Å². The fourth-order valence-electron chi connectivity index (χ4n) is 2.52. The summed E-state index contributed by atoms with van der Waals surface area (Å²) in [5.74, 6) is 0.174. The Morgan fingerprint density at radius 3 is 2.61 bits per heavy atom. The average Bonchev–Trinajstić information content (AvgIpc) is 2.84. The Balaban J connectivity index is 1.93. The van der Waals surface area contributed by atoms with E-state index in [0.29, 0.717) is 26.2 Å². The first-order valence-electron chi connectivity index (χ1n) is 8.06. The maximum atomic E-state index is 12.1. The molecule has 1 aromatic heterocycles. The third-order valence-electron chi connectivity index (χ3n) is 3.57. The first-order valence-corrected chi connectivity index (χ1v) is 8.06. The number of nitrogens with one attached hydrogen (secondary N) is 2. The van der Waals surface area contributed by atoms with Gasteiger partial charge in [-0.2, -0.15) is 5.10 Å². The van der Waals surface area contributed by atoms with Crippen LogP contribution in [0.2, 0.25) is 0 Å². The molecule has 23 heavy (non-hydrogen) atoms. The molecular formula is C16H27N5O2. The standard InChI is InChI=1S/C16H27N5O2/c1-11(2)14(22)20-6-7-21-13(10-20)8-12(19-21)9-17-15(23)18-16(3,4)5/h8,11H,6-7,9-10H2,1-5H3,(H2,17,18,23). The van der Waals surface area contributed by atoms with E-state index in [4.69, 9.17) is 0 Å². The van der Waals surface area contributed by atoms with Gasteiger partial charge >= 0.3 is 6.03 Å². The van der Waals surface area contributed by atoms with Crippen LogP contribution in [-0.2, 0) is 24.4 Å². The van der Waals surface area contributed by atoms with Crippen molar-refractivity contribution in [2.24, 2.45) is 5.92 Å². The van der Waals surface area contributed by atoms with E-state index in [9.17, 15) is 9.59 Å². The van der Waals surface area contributed by atoms with E-state index in [0.717, 1.165) is 11.4 Å². The van der Waals surface area contributed by atoms with E-state index in [1.54, 1.807) is 0 Å². The first kappa shape index (κ1) is 17.3. The van der Waals surface area contributed by atoms with Crippen LogP contribution in [0, 0.1) is 5.92 Å². The summed E-state index contributed by atoms with van der Waals surface area (Å²) in [5.41, 5.74) is 1.55. The van der Waals surface area contributed by atoms with Gasteiger partial charge in [0.05, 0.1) is 31.0 Å². The monoisotopic (exact) mass is 321 g/mol. The zero-order valence-corrected chi connectivity index (χ0v) is 14.6. The topological polar surface area (TPSA) is 79.3 Å². The lowest BCUT2D eigenvalue weighted by Crippen LogP contribution is -2.46. The van der Waals surface area contributed by atoms with Gasteiger partial charge in [-0.05, 0) is 26.8 Å². The minimum atomic E-state index is -0.269. The van der Waals surface area contributed by atoms with Gasteiger partial charge in [0.2, 0.25) is 5.91 Å². The quantitative estimate of drug-likeness (QED) is 0.885. The van der Waals surface area contributed by atoms with Crippen LogP contribution in [-0.4, -0.2) is 38.7 Å². The van der Waals surface area contributed by atoms with Gasteiger partial charge in [-0.25, -0.2) is 4.79 Å². The smallest absolute Gasteiger partial charge is 0.315 e. The summed E-state index contributed by atoms with van der Waals surface area (Å²) < 4.78 is 1.92. The summed E-state index contributed by atoms with van der Waals surface area (Å²) >= 11 is 0. The Bertz CT molecular complexity index is 586. The number of hydrogen-bond donors (Lipinski definition) is 2. The second kappa shape index (κ2) is 6.60. The summed E-state index contributed by atoms with van der Waals surface area (Å²) in [6, 6.07) is 1.75. The van der Waals surface area contributed by atoms with Gasteiger partial charge in [0.25, 0.3) is 0 Å². The number of nitrogens with zero attached hydrogens (tertiary/aromatic N) is 3. The van der Waals surface area contributed by atoms with Crippen molar-refractivity contribution in [2.75, 3.05) is 6.54 Å². The highest BCUT2D eigenvalue weighted by atomic mass is 16.2. The fourth-order valence-corrected chi connectivity index (χ4v) is 2.52. The number of fused-ring (bicyclic) bond motifs is 1. The molecule has 0 aromatic carbocycles. The molecule has 0 radical (unpaired) electrons. The van der Waals surface area contributed by atoms with Gasteiger partial charge < -0.3 is 15.5 Å². The third kappa shape index (κ3) is 4.71. The second-order valence-corrected chi connectivity index (χ2v) is 7.32. The van der Waals surface area contributed by atoms with Gasteiger partial charge in [-0.3, -0.25) is 9.48 Å². The van der Waals surface area contributed by atoms with Gasteiger partial charge in [0.15, 0.2) is 0 Å². The van der Waals surface area contributed by atoms with E-state index >= 15 is 0 Å². The number of carbonyl (C=O) groups excluding carboxylic acids is 2. The van der Waals surface area contributed by atoms with Crippen LogP contribution in [0.4, 0.5) is 4.79 Å². The molecule has 1 aromatic rings. The lowest BCUT2D eigenvalue weighted by Gasteiger charge is -2.29. The first-order chi connectivity index (χ1) is 10.7. The normalized spacial score (nSPS) is 14.6. The SMILES string of the molecule is CC(C)C(=O)N1CCn2nc(CNC(=O)NC(C)(C)C)cc2C1. The molecule has 0 aliphatic carbocycles. The molecule has 7 nitrogen and oxygen atoms in total. The predicted octanol–water partition coefficient (Wildman–Crippen LogP) is 1.48. The summed E-state index contributed by atoms with van der Waals surface area (Å²) in [5, 5.41) is 10.2. The Hall–Kier alpha value is -2.05. The number of urea groups is 1. The molecule has 1 aliphatic rings. The molecule has 2 N–H and O–H groups in total. The number of rotatable bonds is 3. The zero-order chi connectivity index (χ0) is 17.2. The van der Waals surface area contributed by atoms with Crippen LogP contribution in [0.15, 0.2) is 6.07 Å². The Morgan fingerprint density at radius 1 is 1.30 bits per heavy atom. The van der Waals surface area contributed by atoms with Gasteiger partial charge in [0.1, 0.15) is 0 Å². The number of carbonyl (C=O) groups is 2. The van der Waals surface area contributed by atoms with Crippen molar-refractivity contribution in [3.63, 3.8) is 0 Å². The minimum absolute atomic E-state index is 0.00621. The van der Waals surface area contributed by atoms with Crippen LogP contribution in [0.3, 0.4) is 0 Å². The van der Waals surface area contributed by atoms with Gasteiger partial charge in [-0.1, -0.05) is 13.8 Å². The number of amides is 3. The van der Waals surface area contributed by atoms with Crippen LogP contribution in [0.5, 0.6) is 0 Å². The Morgan fingerprint density at radius 2 is 2.00 bits per heavy atom. The van der Waals surface area contributed by atoms with Gasteiger partial charge in [0, 0.05) is 18.0 Å². The molecule has 0 fully saturated rings. The molecule has 128 valence electrons. The number of aromatic nitrogens is 2. The molecule has 2 heterocycles. The van der Waals surface area contributed by atoms with Crippen molar-refractivity contribution in [3.05, 3.63) is 17.5 Å². The molecular weight excluding hydrogens is 294 g/mol. The van der Waals surface area contributed by atoms with Crippen LogP contribution in [0.1, 0.15) is 46.0 Å². The summed E-state index contributed by atoms with van der Waals surface area (Å²) in [6.45, 7) is 12.0. The zero-order valence-electron chi connectivity index (χ0n) is 14.6. The lowest BCUT2D eigenvalue weighted by molar-refractivity contribution is -0.136. The van der Waals surface area contributed by atoms with E-state index in [-0.39, 0.29) is 23.4 Å². The largest absolute Gasteiger partial charge is 0.335 e. The highest BCUT2D eigenvalue weighted by Crippen LogP contribution is 2.16. The van der Waals surface area contributed by atoms with E-state index in [2.05, 4.69) is 15.7 Å². The summed E-state index contributed by atoms with van der Waals surface area (Å²) in [6.07, 6.45) is 0. The molecule has 0 saturated carbocycles. The van der Waals surface area contributed by atoms with Gasteiger partial charge in [-0.15, -0.1) is 0 Å². The highest BCUT2D eigenvalue weighted by Gasteiger charge is 2.24. The van der Waals surface area contributed by atoms with Crippen molar-refractivity contribution < 1.29 is 9.59 Å². The minimum Gasteiger partial charge on any atom is -0.335 e. The molecule has 0 bridgehead atoms. The van der Waals surface area contributed by atoms with Crippen LogP contribution >= 0.6 is 0 Å². The molecule has 0 saturated heterocycles. The van der Waals surface area contributed by atoms with Crippen molar-refractivity contribution in [1.29, 1.82) is 0 Å². The lowest BCUT2D eigenvalue weighted by atomic mass is 10.1. The Kier molecular flexibility index (Phi) is 4.97. The molecule has 0 atom stereocenters. The number of hydrogen-bond acceptors (Lipinski definition) is 3. The Labute approximate surface area is 137 Å². The maximum absolute atomic E-state index is 12.1. The van der Waals surface area contributed by atoms with E-state index < -0.39 is 0 Å².